The van der Waals surface area contributed by atoms with Crippen molar-refractivity contribution in [2.75, 3.05) is 63.1 Å². The van der Waals surface area contributed by atoms with Gasteiger partial charge in [-0.05, 0) is 49.0 Å². The third-order valence-electron chi connectivity index (χ3n) is 6.12. The number of carbonyl (C=O) groups is 1. The summed E-state index contributed by atoms with van der Waals surface area (Å²) in [7, 11) is 1.84. The molecule has 0 aromatic heterocycles. The molecule has 1 fully saturated rings. The lowest BCUT2D eigenvalue weighted by molar-refractivity contribution is -0.117. The monoisotopic (exact) mass is 476 g/mol. The van der Waals surface area contributed by atoms with E-state index in [1.807, 2.05) is 24.1 Å². The van der Waals surface area contributed by atoms with Crippen LogP contribution in [0.2, 0.25) is 0 Å². The Morgan fingerprint density at radius 3 is 2.34 bits per heavy atom. The molecule has 0 bridgehead atoms. The first-order valence-electron chi connectivity index (χ1n) is 12.0. The number of para-hydroxylation sites is 1. The molecule has 0 unspecified atom stereocenters. The summed E-state index contributed by atoms with van der Waals surface area (Å²) in [5, 5.41) is 2.95. The molecule has 0 atom stereocenters. The van der Waals surface area contributed by atoms with Crippen molar-refractivity contribution in [3.05, 3.63) is 90.2 Å². The van der Waals surface area contributed by atoms with Gasteiger partial charge in [-0.3, -0.25) is 14.6 Å². The van der Waals surface area contributed by atoms with Gasteiger partial charge in [-0.25, -0.2) is 4.39 Å². The third-order valence-corrected chi connectivity index (χ3v) is 6.12. The minimum Gasteiger partial charge on any atom is -0.489 e. The van der Waals surface area contributed by atoms with E-state index in [0.29, 0.717) is 13.2 Å². The van der Waals surface area contributed by atoms with E-state index < -0.39 is 0 Å². The van der Waals surface area contributed by atoms with Crippen molar-refractivity contribution in [2.45, 2.75) is 6.54 Å². The van der Waals surface area contributed by atoms with Gasteiger partial charge in [0, 0.05) is 50.6 Å². The zero-order valence-electron chi connectivity index (χ0n) is 20.2. The molecule has 1 aliphatic heterocycles. The lowest BCUT2D eigenvalue weighted by atomic mass is 10.2. The fourth-order valence-corrected chi connectivity index (χ4v) is 4.16. The van der Waals surface area contributed by atoms with Crippen molar-refractivity contribution in [2.24, 2.45) is 0 Å². The number of piperazine rings is 1. The second-order valence-corrected chi connectivity index (χ2v) is 8.86. The number of likely N-dealkylation sites (N-methyl/N-ethyl adjacent to an activating group) is 1. The molecule has 0 aliphatic carbocycles. The van der Waals surface area contributed by atoms with Crippen LogP contribution in [-0.4, -0.2) is 68.6 Å². The summed E-state index contributed by atoms with van der Waals surface area (Å²) in [4.78, 5) is 19.1. The standard InChI is InChI=1S/C28H33FN4O2/c1-31(19-20-35-27-10-6-5-9-26(27)29)22-28(34)30-24-11-13-25(14-12-24)33-17-15-32(16-18-33)21-23-7-3-2-4-8-23/h2-14H,15-22H2,1H3,(H,30,34). The SMILES string of the molecule is CN(CCOc1ccccc1F)CC(=O)Nc1ccc(N2CCN(Cc3ccccc3)CC2)cc1. The largest absolute Gasteiger partial charge is 0.489 e. The van der Waals surface area contributed by atoms with Crippen molar-refractivity contribution in [3.8, 4) is 5.75 Å². The topological polar surface area (TPSA) is 48.1 Å². The van der Waals surface area contributed by atoms with Gasteiger partial charge >= 0.3 is 0 Å². The molecule has 184 valence electrons. The number of hydrogen-bond donors (Lipinski definition) is 1. The molecule has 4 rings (SSSR count). The number of nitrogens with zero attached hydrogens (tertiary/aromatic N) is 3. The normalized spacial score (nSPS) is 14.2. The molecule has 1 heterocycles. The van der Waals surface area contributed by atoms with E-state index in [-0.39, 0.29) is 24.0 Å². The highest BCUT2D eigenvalue weighted by Gasteiger charge is 2.17. The Hall–Kier alpha value is -3.42. The second kappa shape index (κ2) is 12.3. The van der Waals surface area contributed by atoms with Crippen LogP contribution < -0.4 is 15.0 Å². The molecule has 0 spiro atoms. The number of hydrogen-bond acceptors (Lipinski definition) is 5. The molecule has 1 aliphatic rings. The number of ether oxygens (including phenoxy) is 1. The molecule has 0 saturated carbocycles. The molecule has 35 heavy (non-hydrogen) atoms. The first-order valence-corrected chi connectivity index (χ1v) is 12.0. The van der Waals surface area contributed by atoms with Crippen molar-refractivity contribution in [3.63, 3.8) is 0 Å². The van der Waals surface area contributed by atoms with Crippen LogP contribution in [0.1, 0.15) is 5.56 Å². The Kier molecular flexibility index (Phi) is 8.70. The molecule has 1 amide bonds. The Morgan fingerprint density at radius 1 is 0.943 bits per heavy atom. The molecule has 3 aromatic rings. The van der Waals surface area contributed by atoms with Crippen LogP contribution >= 0.6 is 0 Å². The summed E-state index contributed by atoms with van der Waals surface area (Å²) in [6.45, 7) is 6.06. The molecule has 3 aromatic carbocycles. The van der Waals surface area contributed by atoms with E-state index in [0.717, 1.165) is 38.4 Å². The fourth-order valence-electron chi connectivity index (χ4n) is 4.16. The van der Waals surface area contributed by atoms with E-state index in [1.165, 1.54) is 17.3 Å². The van der Waals surface area contributed by atoms with Crippen LogP contribution in [0.3, 0.4) is 0 Å². The Bertz CT molecular complexity index is 1070. The average molecular weight is 477 g/mol. The quantitative estimate of drug-likeness (QED) is 0.478. The summed E-state index contributed by atoms with van der Waals surface area (Å²) in [6, 6.07) is 24.9. The van der Waals surface area contributed by atoms with Crippen LogP contribution in [0.25, 0.3) is 0 Å². The zero-order chi connectivity index (χ0) is 24.5. The van der Waals surface area contributed by atoms with Crippen molar-refractivity contribution in [1.82, 2.24) is 9.80 Å². The number of nitrogens with one attached hydrogen (secondary N) is 1. The molecular weight excluding hydrogens is 443 g/mol. The van der Waals surface area contributed by atoms with Gasteiger partial charge in [0.2, 0.25) is 5.91 Å². The van der Waals surface area contributed by atoms with Gasteiger partial charge in [-0.1, -0.05) is 42.5 Å². The first kappa shape index (κ1) is 24.7. The first-order chi connectivity index (χ1) is 17.1. The van der Waals surface area contributed by atoms with Gasteiger partial charge in [0.05, 0.1) is 6.54 Å². The van der Waals surface area contributed by atoms with E-state index >= 15 is 0 Å². The van der Waals surface area contributed by atoms with Crippen LogP contribution in [0.4, 0.5) is 15.8 Å². The van der Waals surface area contributed by atoms with E-state index in [1.54, 1.807) is 18.2 Å². The smallest absolute Gasteiger partial charge is 0.238 e. The van der Waals surface area contributed by atoms with Crippen LogP contribution in [-0.2, 0) is 11.3 Å². The van der Waals surface area contributed by atoms with Crippen molar-refractivity contribution < 1.29 is 13.9 Å². The molecule has 7 heteroatoms. The van der Waals surface area contributed by atoms with Crippen molar-refractivity contribution in [1.29, 1.82) is 0 Å². The number of benzene rings is 3. The highest BCUT2D eigenvalue weighted by atomic mass is 19.1. The van der Waals surface area contributed by atoms with Gasteiger partial charge in [0.25, 0.3) is 0 Å². The maximum absolute atomic E-state index is 13.6. The second-order valence-electron chi connectivity index (χ2n) is 8.86. The number of anilines is 2. The zero-order valence-corrected chi connectivity index (χ0v) is 20.2. The average Bonchev–Trinajstić information content (AvgIpc) is 2.87. The maximum Gasteiger partial charge on any atom is 0.238 e. The van der Waals surface area contributed by atoms with Crippen LogP contribution in [0.15, 0.2) is 78.9 Å². The van der Waals surface area contributed by atoms with E-state index in [4.69, 9.17) is 4.74 Å². The van der Waals surface area contributed by atoms with Crippen LogP contribution in [0, 0.1) is 5.82 Å². The summed E-state index contributed by atoms with van der Waals surface area (Å²) < 4.78 is 19.1. The number of carbonyl (C=O) groups excluding carboxylic acids is 1. The predicted octanol–water partition coefficient (Wildman–Crippen LogP) is 4.10. The van der Waals surface area contributed by atoms with Gasteiger partial charge < -0.3 is 15.0 Å². The summed E-state index contributed by atoms with van der Waals surface area (Å²) >= 11 is 0. The number of amides is 1. The Balaban J connectivity index is 1.17. The van der Waals surface area contributed by atoms with Gasteiger partial charge in [0.1, 0.15) is 6.61 Å². The van der Waals surface area contributed by atoms with Gasteiger partial charge in [0.15, 0.2) is 11.6 Å². The summed E-state index contributed by atoms with van der Waals surface area (Å²) in [5.41, 5.74) is 3.30. The van der Waals surface area contributed by atoms with Gasteiger partial charge in [-0.2, -0.15) is 0 Å². The molecule has 6 nitrogen and oxygen atoms in total. The summed E-state index contributed by atoms with van der Waals surface area (Å²) in [6.07, 6.45) is 0. The highest BCUT2D eigenvalue weighted by Crippen LogP contribution is 2.20. The number of rotatable bonds is 10. The highest BCUT2D eigenvalue weighted by molar-refractivity contribution is 5.92. The number of halogens is 1. The molecule has 1 saturated heterocycles. The van der Waals surface area contributed by atoms with Crippen LogP contribution in [0.5, 0.6) is 5.75 Å². The summed E-state index contributed by atoms with van der Waals surface area (Å²) in [5.74, 6) is -0.255. The Labute approximate surface area is 206 Å². The minimum absolute atomic E-state index is 0.0966. The van der Waals surface area contributed by atoms with Gasteiger partial charge in [-0.15, -0.1) is 0 Å². The Morgan fingerprint density at radius 2 is 1.63 bits per heavy atom. The molecule has 0 radical (unpaired) electrons. The predicted molar refractivity (Wildman–Crippen MR) is 138 cm³/mol. The molecule has 1 N–H and O–H groups in total. The maximum atomic E-state index is 13.6. The third kappa shape index (κ3) is 7.53. The van der Waals surface area contributed by atoms with Crippen molar-refractivity contribution >= 4 is 17.3 Å². The molecular formula is C28H33FN4O2. The van der Waals surface area contributed by atoms with E-state index in [9.17, 15) is 9.18 Å². The lowest BCUT2D eigenvalue weighted by Crippen LogP contribution is -2.45. The van der Waals surface area contributed by atoms with E-state index in [2.05, 4.69) is 57.6 Å². The minimum atomic E-state index is -0.384. The fraction of sp³-hybridized carbons (Fsp3) is 0.321. The lowest BCUT2D eigenvalue weighted by Gasteiger charge is -2.36.